The summed E-state index contributed by atoms with van der Waals surface area (Å²) in [6, 6.07) is 0.802. The molecule has 2 nitrogen and oxygen atoms in total. The lowest BCUT2D eigenvalue weighted by Crippen LogP contribution is -2.46. The van der Waals surface area contributed by atoms with Gasteiger partial charge in [-0.3, -0.25) is 4.90 Å². The average Bonchev–Trinajstić information content (AvgIpc) is 2.24. The van der Waals surface area contributed by atoms with Crippen molar-refractivity contribution in [3.05, 3.63) is 0 Å². The molecule has 0 aromatic carbocycles. The number of hydrogen-bond donors (Lipinski definition) is 1. The fraction of sp³-hybridized carbons (Fsp3) is 1.00. The molecule has 0 spiro atoms. The van der Waals surface area contributed by atoms with E-state index in [4.69, 9.17) is 0 Å². The molecular formula is C11H24N2S. The molecule has 84 valence electrons. The zero-order valence-electron chi connectivity index (χ0n) is 9.59. The van der Waals surface area contributed by atoms with Crippen molar-refractivity contribution in [2.45, 2.75) is 32.2 Å². The van der Waals surface area contributed by atoms with E-state index in [0.717, 1.165) is 12.6 Å². The molecule has 0 aliphatic carbocycles. The summed E-state index contributed by atoms with van der Waals surface area (Å²) in [7, 11) is 0. The van der Waals surface area contributed by atoms with Gasteiger partial charge in [0.05, 0.1) is 0 Å². The van der Waals surface area contributed by atoms with Gasteiger partial charge in [0.2, 0.25) is 0 Å². The Balaban J connectivity index is 2.26. The summed E-state index contributed by atoms with van der Waals surface area (Å²) in [4.78, 5) is 2.67. The maximum absolute atomic E-state index is 3.48. The van der Waals surface area contributed by atoms with Gasteiger partial charge in [-0.05, 0) is 32.2 Å². The number of piperidine rings is 1. The number of likely N-dealkylation sites (N-methyl/N-ethyl adjacent to an activating group) is 1. The molecular weight excluding hydrogens is 192 g/mol. The fourth-order valence-electron chi connectivity index (χ4n) is 2.11. The number of likely N-dealkylation sites (tertiary alicyclic amines) is 1. The molecule has 1 atom stereocenters. The van der Waals surface area contributed by atoms with Gasteiger partial charge < -0.3 is 5.32 Å². The molecule has 1 N–H and O–H groups in total. The normalized spacial score (nSPS) is 24.0. The van der Waals surface area contributed by atoms with Crippen molar-refractivity contribution in [2.24, 2.45) is 0 Å². The fourth-order valence-corrected chi connectivity index (χ4v) is 2.52. The largest absolute Gasteiger partial charge is 0.315 e. The molecule has 1 saturated heterocycles. The van der Waals surface area contributed by atoms with Gasteiger partial charge in [0, 0.05) is 24.9 Å². The molecule has 0 saturated carbocycles. The van der Waals surface area contributed by atoms with E-state index >= 15 is 0 Å². The van der Waals surface area contributed by atoms with E-state index in [1.54, 1.807) is 0 Å². The van der Waals surface area contributed by atoms with Crippen molar-refractivity contribution in [2.75, 3.05) is 38.2 Å². The van der Waals surface area contributed by atoms with Crippen molar-refractivity contribution < 1.29 is 0 Å². The van der Waals surface area contributed by atoms with Crippen molar-refractivity contribution in [1.82, 2.24) is 10.2 Å². The van der Waals surface area contributed by atoms with Crippen LogP contribution in [0.15, 0.2) is 0 Å². The minimum Gasteiger partial charge on any atom is -0.315 e. The Morgan fingerprint density at radius 1 is 1.43 bits per heavy atom. The van der Waals surface area contributed by atoms with E-state index in [9.17, 15) is 0 Å². The number of thioether (sulfide) groups is 1. The standard InChI is InChI=1S/C11H24N2S/c1-3-12-10-11-6-4-5-7-13(11)8-9-14-2/h11-12H,3-10H2,1-2H3. The number of nitrogens with zero attached hydrogens (tertiary/aromatic N) is 1. The SMILES string of the molecule is CCNCC1CCCCN1CCSC. The van der Waals surface area contributed by atoms with E-state index in [2.05, 4.69) is 23.4 Å². The Labute approximate surface area is 92.8 Å². The van der Waals surface area contributed by atoms with Crippen LogP contribution in [0.4, 0.5) is 0 Å². The lowest BCUT2D eigenvalue weighted by molar-refractivity contribution is 0.155. The van der Waals surface area contributed by atoms with Crippen LogP contribution in [0.3, 0.4) is 0 Å². The smallest absolute Gasteiger partial charge is 0.0220 e. The van der Waals surface area contributed by atoms with Crippen LogP contribution in [-0.4, -0.2) is 49.1 Å². The first-order chi connectivity index (χ1) is 6.88. The highest BCUT2D eigenvalue weighted by molar-refractivity contribution is 7.98. The van der Waals surface area contributed by atoms with Crippen LogP contribution in [-0.2, 0) is 0 Å². The molecule has 14 heavy (non-hydrogen) atoms. The first-order valence-corrected chi connectivity index (χ1v) is 7.21. The number of rotatable bonds is 6. The highest BCUT2D eigenvalue weighted by atomic mass is 32.2. The summed E-state index contributed by atoms with van der Waals surface area (Å²) < 4.78 is 0. The quantitative estimate of drug-likeness (QED) is 0.729. The molecule has 1 heterocycles. The zero-order chi connectivity index (χ0) is 10.2. The van der Waals surface area contributed by atoms with Gasteiger partial charge in [-0.25, -0.2) is 0 Å². The summed E-state index contributed by atoms with van der Waals surface area (Å²) in [6.45, 7) is 7.07. The first-order valence-electron chi connectivity index (χ1n) is 5.82. The van der Waals surface area contributed by atoms with Gasteiger partial charge in [-0.15, -0.1) is 0 Å². The van der Waals surface area contributed by atoms with Crippen LogP contribution in [0.25, 0.3) is 0 Å². The molecule has 0 aromatic rings. The third-order valence-electron chi connectivity index (χ3n) is 2.96. The molecule has 1 fully saturated rings. The summed E-state index contributed by atoms with van der Waals surface area (Å²) >= 11 is 1.96. The van der Waals surface area contributed by atoms with Crippen molar-refractivity contribution >= 4 is 11.8 Å². The molecule has 1 unspecified atom stereocenters. The molecule has 0 aromatic heterocycles. The second-order valence-corrected chi connectivity index (χ2v) is 4.97. The number of nitrogens with one attached hydrogen (secondary N) is 1. The molecule has 0 bridgehead atoms. The van der Waals surface area contributed by atoms with E-state index in [0.29, 0.717) is 0 Å². The lowest BCUT2D eigenvalue weighted by atomic mass is 10.0. The highest BCUT2D eigenvalue weighted by Crippen LogP contribution is 2.16. The van der Waals surface area contributed by atoms with Crippen LogP contribution >= 0.6 is 11.8 Å². The minimum absolute atomic E-state index is 0.802. The maximum atomic E-state index is 3.48. The Bertz CT molecular complexity index is 125. The summed E-state index contributed by atoms with van der Waals surface area (Å²) in [6.07, 6.45) is 6.41. The Hall–Kier alpha value is 0.270. The predicted octanol–water partition coefficient (Wildman–Crippen LogP) is 1.81. The second kappa shape index (κ2) is 7.55. The molecule has 0 radical (unpaired) electrons. The van der Waals surface area contributed by atoms with E-state index < -0.39 is 0 Å². The summed E-state index contributed by atoms with van der Waals surface area (Å²) in [5, 5.41) is 3.48. The molecule has 1 aliphatic heterocycles. The topological polar surface area (TPSA) is 15.3 Å². The summed E-state index contributed by atoms with van der Waals surface area (Å²) in [5.41, 5.74) is 0. The van der Waals surface area contributed by atoms with Gasteiger partial charge in [0.25, 0.3) is 0 Å². The van der Waals surface area contributed by atoms with E-state index in [-0.39, 0.29) is 0 Å². The Kier molecular flexibility index (Phi) is 6.65. The van der Waals surface area contributed by atoms with Crippen LogP contribution in [0.5, 0.6) is 0 Å². The summed E-state index contributed by atoms with van der Waals surface area (Å²) in [5.74, 6) is 1.28. The zero-order valence-corrected chi connectivity index (χ0v) is 10.4. The lowest BCUT2D eigenvalue weighted by Gasteiger charge is -2.35. The highest BCUT2D eigenvalue weighted by Gasteiger charge is 2.20. The predicted molar refractivity (Wildman–Crippen MR) is 66.1 cm³/mol. The van der Waals surface area contributed by atoms with E-state index in [1.807, 2.05) is 11.8 Å². The number of hydrogen-bond acceptors (Lipinski definition) is 3. The van der Waals surface area contributed by atoms with Gasteiger partial charge in [0.15, 0.2) is 0 Å². The van der Waals surface area contributed by atoms with Crippen LogP contribution < -0.4 is 5.32 Å². The van der Waals surface area contributed by atoms with Gasteiger partial charge in [-0.2, -0.15) is 11.8 Å². The molecule has 1 aliphatic rings. The van der Waals surface area contributed by atoms with Crippen molar-refractivity contribution in [3.8, 4) is 0 Å². The Morgan fingerprint density at radius 2 is 2.29 bits per heavy atom. The molecule has 1 rings (SSSR count). The van der Waals surface area contributed by atoms with Gasteiger partial charge in [0.1, 0.15) is 0 Å². The van der Waals surface area contributed by atoms with Crippen LogP contribution in [0.2, 0.25) is 0 Å². The first kappa shape index (κ1) is 12.3. The third-order valence-corrected chi connectivity index (χ3v) is 3.55. The van der Waals surface area contributed by atoms with E-state index in [1.165, 1.54) is 44.6 Å². The monoisotopic (exact) mass is 216 g/mol. The Morgan fingerprint density at radius 3 is 3.00 bits per heavy atom. The van der Waals surface area contributed by atoms with Gasteiger partial charge >= 0.3 is 0 Å². The minimum atomic E-state index is 0.802. The van der Waals surface area contributed by atoms with Crippen molar-refractivity contribution in [3.63, 3.8) is 0 Å². The molecule has 0 amide bonds. The van der Waals surface area contributed by atoms with Crippen molar-refractivity contribution in [1.29, 1.82) is 0 Å². The van der Waals surface area contributed by atoms with Gasteiger partial charge in [-0.1, -0.05) is 13.3 Å². The maximum Gasteiger partial charge on any atom is 0.0220 e. The second-order valence-electron chi connectivity index (χ2n) is 3.99. The van der Waals surface area contributed by atoms with Crippen LogP contribution in [0, 0.1) is 0 Å². The third kappa shape index (κ3) is 4.20. The average molecular weight is 216 g/mol. The van der Waals surface area contributed by atoms with Crippen LogP contribution in [0.1, 0.15) is 26.2 Å². The molecule has 3 heteroatoms.